The second-order valence-corrected chi connectivity index (χ2v) is 6.41. The van der Waals surface area contributed by atoms with Crippen molar-refractivity contribution < 1.29 is 0 Å². The monoisotopic (exact) mass is 356 g/mol. The van der Waals surface area contributed by atoms with Gasteiger partial charge < -0.3 is 10.2 Å². The third-order valence-corrected chi connectivity index (χ3v) is 4.54. The van der Waals surface area contributed by atoms with Crippen LogP contribution >= 0.6 is 0 Å². The molecule has 0 amide bonds. The predicted octanol–water partition coefficient (Wildman–Crippen LogP) is 2.84. The Balaban J connectivity index is 2.02. The molecule has 0 atom stereocenters. The topological polar surface area (TPSA) is 57.8 Å². The van der Waals surface area contributed by atoms with Gasteiger partial charge in [0.05, 0.1) is 17.6 Å². The van der Waals surface area contributed by atoms with E-state index in [1.54, 1.807) is 24.0 Å². The summed E-state index contributed by atoms with van der Waals surface area (Å²) >= 11 is 0. The molecule has 2 heterocycles. The average molecular weight is 357 g/mol. The Kier molecular flexibility index (Phi) is 8.28. The van der Waals surface area contributed by atoms with E-state index in [0.29, 0.717) is 5.70 Å². The molecule has 0 bridgehead atoms. The van der Waals surface area contributed by atoms with Crippen molar-refractivity contribution in [3.63, 3.8) is 0 Å². The van der Waals surface area contributed by atoms with Crippen LogP contribution in [-0.4, -0.2) is 66.0 Å². The van der Waals surface area contributed by atoms with Gasteiger partial charge in [0.15, 0.2) is 0 Å². The molecule has 1 N–H and O–H groups in total. The van der Waals surface area contributed by atoms with Crippen molar-refractivity contribution in [1.82, 2.24) is 20.0 Å². The van der Waals surface area contributed by atoms with E-state index >= 15 is 0 Å². The lowest BCUT2D eigenvalue weighted by Gasteiger charge is -2.14. The van der Waals surface area contributed by atoms with Crippen LogP contribution in [0.2, 0.25) is 0 Å². The molecular weight excluding hydrogens is 324 g/mol. The molecule has 0 spiro atoms. The highest BCUT2D eigenvalue weighted by Crippen LogP contribution is 2.10. The third-order valence-electron chi connectivity index (χ3n) is 4.54. The van der Waals surface area contributed by atoms with Crippen LogP contribution in [0.3, 0.4) is 0 Å². The Hall–Kier alpha value is -2.21. The smallest absolute Gasteiger partial charge is 0.149 e. The number of nitrogens with zero attached hydrogens (tertiary/aromatic N) is 5. The molecule has 1 aliphatic heterocycles. The van der Waals surface area contributed by atoms with Gasteiger partial charge >= 0.3 is 0 Å². The number of hydrogen-bond acceptors (Lipinski definition) is 4. The molecule has 6 nitrogen and oxygen atoms in total. The molecule has 1 aromatic heterocycles. The lowest BCUT2D eigenvalue weighted by molar-refractivity contribution is 0.331. The summed E-state index contributed by atoms with van der Waals surface area (Å²) in [7, 11) is 1.78. The van der Waals surface area contributed by atoms with E-state index in [-0.39, 0.29) is 0 Å². The zero-order valence-corrected chi connectivity index (χ0v) is 16.2. The number of aliphatic imine (C=N–C) groups is 2. The Morgan fingerprint density at radius 3 is 2.77 bits per heavy atom. The van der Waals surface area contributed by atoms with E-state index in [4.69, 9.17) is 4.99 Å². The van der Waals surface area contributed by atoms with Gasteiger partial charge in [-0.25, -0.2) is 4.68 Å². The Morgan fingerprint density at radius 1 is 1.35 bits per heavy atom. The quantitative estimate of drug-likeness (QED) is 0.303. The molecule has 0 saturated carbocycles. The summed E-state index contributed by atoms with van der Waals surface area (Å²) in [5.41, 5.74) is 2.38. The second-order valence-electron chi connectivity index (χ2n) is 6.41. The fourth-order valence-electron chi connectivity index (χ4n) is 3.17. The normalized spacial score (nSPS) is 16.1. The molecule has 26 heavy (non-hydrogen) atoms. The maximum absolute atomic E-state index is 4.79. The molecule has 1 fully saturated rings. The van der Waals surface area contributed by atoms with Crippen molar-refractivity contribution in [2.45, 2.75) is 32.6 Å². The van der Waals surface area contributed by atoms with Crippen molar-refractivity contribution in [2.24, 2.45) is 9.98 Å². The predicted molar refractivity (Wildman–Crippen MR) is 111 cm³/mol. The first-order valence-corrected chi connectivity index (χ1v) is 9.55. The van der Waals surface area contributed by atoms with Crippen LogP contribution in [0.25, 0.3) is 5.70 Å². The van der Waals surface area contributed by atoms with Crippen LogP contribution in [0.15, 0.2) is 41.5 Å². The minimum atomic E-state index is 0.715. The van der Waals surface area contributed by atoms with E-state index in [9.17, 15) is 0 Å². The first-order chi connectivity index (χ1) is 12.7. The summed E-state index contributed by atoms with van der Waals surface area (Å²) in [5, 5.41) is 7.68. The number of hydrogen-bond donors (Lipinski definition) is 1. The van der Waals surface area contributed by atoms with Crippen molar-refractivity contribution >= 4 is 17.2 Å². The molecule has 0 aromatic carbocycles. The Labute approximate surface area is 157 Å². The van der Waals surface area contributed by atoms with E-state index in [1.165, 1.54) is 38.9 Å². The van der Waals surface area contributed by atoms with Gasteiger partial charge in [0.25, 0.3) is 0 Å². The van der Waals surface area contributed by atoms with E-state index in [1.807, 2.05) is 6.07 Å². The number of unbranched alkanes of at least 4 members (excludes halogenated alkanes) is 1. The van der Waals surface area contributed by atoms with Crippen molar-refractivity contribution in [3.8, 4) is 0 Å². The molecule has 0 unspecified atom stereocenters. The number of allylic oxidation sites excluding steroid dienone is 2. The van der Waals surface area contributed by atoms with Crippen molar-refractivity contribution in [2.75, 3.05) is 39.8 Å². The van der Waals surface area contributed by atoms with E-state index < -0.39 is 0 Å². The fourth-order valence-corrected chi connectivity index (χ4v) is 3.17. The first kappa shape index (κ1) is 20.1. The molecule has 1 saturated heterocycles. The summed E-state index contributed by atoms with van der Waals surface area (Å²) in [6.45, 7) is 15.1. The van der Waals surface area contributed by atoms with Crippen LogP contribution in [-0.2, 0) is 0 Å². The largest absolute Gasteiger partial charge is 0.369 e. The lowest BCUT2D eigenvalue weighted by Crippen LogP contribution is -2.33. The highest BCUT2D eigenvalue weighted by molar-refractivity contribution is 6.47. The SMILES string of the molecule is C=CC(=C)n1nccc1C(=NC)C(=NCCCCN1CCCC1)NCC. The number of aromatic nitrogens is 2. The minimum Gasteiger partial charge on any atom is -0.369 e. The molecule has 1 aromatic rings. The van der Waals surface area contributed by atoms with Gasteiger partial charge in [0, 0.05) is 20.1 Å². The molecule has 6 heteroatoms. The van der Waals surface area contributed by atoms with Gasteiger partial charge in [0.2, 0.25) is 0 Å². The van der Waals surface area contributed by atoms with Gasteiger partial charge in [-0.2, -0.15) is 5.10 Å². The molecule has 1 aliphatic rings. The maximum Gasteiger partial charge on any atom is 0.149 e. The second kappa shape index (κ2) is 10.7. The average Bonchev–Trinajstić information content (AvgIpc) is 3.33. The van der Waals surface area contributed by atoms with Gasteiger partial charge in [-0.3, -0.25) is 9.98 Å². The number of amidine groups is 1. The standard InChI is InChI=1S/C20H32N6/c1-5-17(3)26-18(11-13-24-26)19(21-4)20(22-6-2)23-12-7-8-14-25-15-9-10-16-25/h5,11,13H,1,3,6-10,12,14-16H2,2,4H3,(H,22,23). The Morgan fingerprint density at radius 2 is 2.12 bits per heavy atom. The molecule has 0 aliphatic carbocycles. The minimum absolute atomic E-state index is 0.715. The molecular formula is C20H32N6. The summed E-state index contributed by atoms with van der Waals surface area (Å²) in [4.78, 5) is 11.8. The number of likely N-dealkylation sites (tertiary alicyclic amines) is 1. The van der Waals surface area contributed by atoms with Crippen LogP contribution in [0.5, 0.6) is 0 Å². The van der Waals surface area contributed by atoms with Crippen LogP contribution in [0.4, 0.5) is 0 Å². The summed E-state index contributed by atoms with van der Waals surface area (Å²) in [5.74, 6) is 0.815. The van der Waals surface area contributed by atoms with Gasteiger partial charge in [-0.15, -0.1) is 0 Å². The number of nitrogens with one attached hydrogen (secondary N) is 1. The third kappa shape index (κ3) is 5.39. The van der Waals surface area contributed by atoms with E-state index in [2.05, 4.69) is 40.4 Å². The zero-order valence-electron chi connectivity index (χ0n) is 16.2. The van der Waals surface area contributed by atoms with Gasteiger partial charge in [0.1, 0.15) is 11.5 Å². The van der Waals surface area contributed by atoms with Crippen LogP contribution in [0, 0.1) is 0 Å². The van der Waals surface area contributed by atoms with Crippen molar-refractivity contribution in [3.05, 3.63) is 37.2 Å². The van der Waals surface area contributed by atoms with Gasteiger partial charge in [-0.1, -0.05) is 13.2 Å². The fraction of sp³-hybridized carbons (Fsp3) is 0.550. The summed E-state index contributed by atoms with van der Waals surface area (Å²) in [6, 6.07) is 1.93. The van der Waals surface area contributed by atoms with Crippen LogP contribution < -0.4 is 5.32 Å². The summed E-state index contributed by atoms with van der Waals surface area (Å²) < 4.78 is 1.75. The molecule has 2 rings (SSSR count). The molecule has 142 valence electrons. The van der Waals surface area contributed by atoms with Crippen molar-refractivity contribution in [1.29, 1.82) is 0 Å². The number of likely N-dealkylation sites (N-methyl/N-ethyl adjacent to an activating group) is 1. The molecule has 0 radical (unpaired) electrons. The maximum atomic E-state index is 4.79. The highest BCUT2D eigenvalue weighted by atomic mass is 15.3. The highest BCUT2D eigenvalue weighted by Gasteiger charge is 2.16. The number of rotatable bonds is 10. The first-order valence-electron chi connectivity index (χ1n) is 9.55. The lowest BCUT2D eigenvalue weighted by atomic mass is 10.2. The van der Waals surface area contributed by atoms with E-state index in [0.717, 1.165) is 36.8 Å². The van der Waals surface area contributed by atoms with Crippen LogP contribution in [0.1, 0.15) is 38.3 Å². The summed E-state index contributed by atoms with van der Waals surface area (Å²) in [6.07, 6.45) is 8.40. The Bertz CT molecular complexity index is 649. The zero-order chi connectivity index (χ0) is 18.8. The van der Waals surface area contributed by atoms with Gasteiger partial charge in [-0.05, 0) is 64.4 Å².